The number of piperidine rings is 1. The topological polar surface area (TPSA) is 67.2 Å². The fourth-order valence-corrected chi connectivity index (χ4v) is 4.27. The Labute approximate surface area is 121 Å². The van der Waals surface area contributed by atoms with Gasteiger partial charge in [-0.1, -0.05) is 0 Å². The van der Waals surface area contributed by atoms with Crippen LogP contribution in [-0.2, 0) is 17.1 Å². The summed E-state index contributed by atoms with van der Waals surface area (Å²) < 4.78 is 28.6. The predicted molar refractivity (Wildman–Crippen MR) is 77.8 cm³/mol. The molecule has 1 aromatic rings. The first-order valence-electron chi connectivity index (χ1n) is 7.12. The molecule has 0 saturated carbocycles. The normalized spacial score (nSPS) is 18.1. The molecule has 1 fully saturated rings. The predicted octanol–water partition coefficient (Wildman–Crippen LogP) is 0.819. The molecule has 0 radical (unpaired) electrons. The van der Waals surface area contributed by atoms with Crippen LogP contribution in [0.25, 0.3) is 0 Å². The fraction of sp³-hybridized carbons (Fsp3) is 0.769. The molecular formula is C13H24N4O2S. The quantitative estimate of drug-likeness (QED) is 0.874. The van der Waals surface area contributed by atoms with E-state index in [1.807, 2.05) is 13.8 Å². The van der Waals surface area contributed by atoms with Crippen molar-refractivity contribution in [2.75, 3.05) is 19.6 Å². The molecule has 0 amide bonds. The van der Waals surface area contributed by atoms with Gasteiger partial charge in [0.1, 0.15) is 4.90 Å². The first kappa shape index (κ1) is 15.5. The van der Waals surface area contributed by atoms with E-state index in [1.54, 1.807) is 17.5 Å². The van der Waals surface area contributed by atoms with E-state index in [-0.39, 0.29) is 10.9 Å². The third kappa shape index (κ3) is 3.39. The van der Waals surface area contributed by atoms with E-state index in [0.29, 0.717) is 12.5 Å². The summed E-state index contributed by atoms with van der Waals surface area (Å²) in [6.07, 6.45) is 5.05. The molecule has 1 N–H and O–H groups in total. The average Bonchev–Trinajstić information content (AvgIpc) is 2.84. The van der Waals surface area contributed by atoms with Crippen LogP contribution in [0.1, 0.15) is 26.7 Å². The summed E-state index contributed by atoms with van der Waals surface area (Å²) in [6, 6.07) is -0.0462. The van der Waals surface area contributed by atoms with Crippen molar-refractivity contribution in [3.63, 3.8) is 0 Å². The lowest BCUT2D eigenvalue weighted by molar-refractivity contribution is 0.261. The Bertz CT molecular complexity index is 532. The molecule has 0 bridgehead atoms. The number of aryl methyl sites for hydroxylation is 1. The van der Waals surface area contributed by atoms with Crippen LogP contribution in [0.15, 0.2) is 17.3 Å². The van der Waals surface area contributed by atoms with Crippen LogP contribution in [0, 0.1) is 5.92 Å². The molecule has 2 heterocycles. The van der Waals surface area contributed by atoms with Crippen molar-refractivity contribution in [2.45, 2.75) is 37.6 Å². The summed E-state index contributed by atoms with van der Waals surface area (Å²) in [6.45, 7) is 6.40. The van der Waals surface area contributed by atoms with Crippen molar-refractivity contribution >= 4 is 10.0 Å². The van der Waals surface area contributed by atoms with Crippen LogP contribution >= 0.6 is 0 Å². The first-order chi connectivity index (χ1) is 9.41. The Morgan fingerprint density at radius 3 is 2.60 bits per heavy atom. The van der Waals surface area contributed by atoms with Crippen molar-refractivity contribution in [2.24, 2.45) is 13.0 Å². The van der Waals surface area contributed by atoms with Gasteiger partial charge in [0.05, 0.1) is 6.20 Å². The van der Waals surface area contributed by atoms with Crippen LogP contribution in [0.2, 0.25) is 0 Å². The smallest absolute Gasteiger partial charge is 0.246 e. The first-order valence-corrected chi connectivity index (χ1v) is 8.56. The van der Waals surface area contributed by atoms with E-state index in [0.717, 1.165) is 25.9 Å². The standard InChI is InChI=1S/C13H24N4O2S/c1-11(2)17(9-12-4-6-14-7-5-12)20(18,19)13-8-15-16(3)10-13/h8,10-12,14H,4-7,9H2,1-3H3. The molecule has 1 aliphatic rings. The maximum atomic E-state index is 12.7. The van der Waals surface area contributed by atoms with Gasteiger partial charge >= 0.3 is 0 Å². The molecular weight excluding hydrogens is 276 g/mol. The van der Waals surface area contributed by atoms with E-state index in [1.165, 1.54) is 10.9 Å². The Morgan fingerprint density at radius 2 is 2.10 bits per heavy atom. The highest BCUT2D eigenvalue weighted by molar-refractivity contribution is 7.89. The summed E-state index contributed by atoms with van der Waals surface area (Å²) in [7, 11) is -1.72. The molecule has 1 aliphatic heterocycles. The molecule has 20 heavy (non-hydrogen) atoms. The van der Waals surface area contributed by atoms with Crippen LogP contribution in [0.3, 0.4) is 0 Å². The number of nitrogens with zero attached hydrogens (tertiary/aromatic N) is 3. The van der Waals surface area contributed by atoms with Crippen molar-refractivity contribution in [3.05, 3.63) is 12.4 Å². The number of aromatic nitrogens is 2. The molecule has 0 atom stereocenters. The van der Waals surface area contributed by atoms with E-state index >= 15 is 0 Å². The zero-order chi connectivity index (χ0) is 14.8. The molecule has 0 aliphatic carbocycles. The highest BCUT2D eigenvalue weighted by Crippen LogP contribution is 2.22. The minimum atomic E-state index is -3.45. The summed E-state index contributed by atoms with van der Waals surface area (Å²) in [4.78, 5) is 0.280. The monoisotopic (exact) mass is 300 g/mol. The lowest BCUT2D eigenvalue weighted by Crippen LogP contribution is -2.42. The van der Waals surface area contributed by atoms with Crippen molar-refractivity contribution in [3.8, 4) is 0 Å². The lowest BCUT2D eigenvalue weighted by Gasteiger charge is -2.31. The van der Waals surface area contributed by atoms with Gasteiger partial charge in [-0.15, -0.1) is 0 Å². The van der Waals surface area contributed by atoms with Gasteiger partial charge in [-0.25, -0.2) is 8.42 Å². The van der Waals surface area contributed by atoms with Crippen molar-refractivity contribution in [1.82, 2.24) is 19.4 Å². The number of hydrogen-bond acceptors (Lipinski definition) is 4. The SMILES string of the molecule is CC(C)N(CC1CCNCC1)S(=O)(=O)c1cnn(C)c1. The maximum Gasteiger partial charge on any atom is 0.246 e. The minimum absolute atomic E-state index is 0.0462. The van der Waals surface area contributed by atoms with Gasteiger partial charge in [-0.2, -0.15) is 9.40 Å². The van der Waals surface area contributed by atoms with Gasteiger partial charge in [0, 0.05) is 25.8 Å². The van der Waals surface area contributed by atoms with Crippen LogP contribution in [-0.4, -0.2) is 48.2 Å². The van der Waals surface area contributed by atoms with Crippen molar-refractivity contribution in [1.29, 1.82) is 0 Å². The summed E-state index contributed by atoms with van der Waals surface area (Å²) in [5.74, 6) is 0.435. The Morgan fingerprint density at radius 1 is 1.45 bits per heavy atom. The van der Waals surface area contributed by atoms with Crippen molar-refractivity contribution < 1.29 is 8.42 Å². The Kier molecular flexibility index (Phi) is 4.82. The summed E-state index contributed by atoms with van der Waals surface area (Å²) in [5.41, 5.74) is 0. The third-order valence-electron chi connectivity index (χ3n) is 3.76. The second-order valence-corrected chi connectivity index (χ2v) is 7.60. The lowest BCUT2D eigenvalue weighted by atomic mass is 9.98. The van der Waals surface area contributed by atoms with Crippen LogP contribution < -0.4 is 5.32 Å². The zero-order valence-corrected chi connectivity index (χ0v) is 13.2. The number of nitrogens with one attached hydrogen (secondary N) is 1. The van der Waals surface area contributed by atoms with Gasteiger partial charge < -0.3 is 5.32 Å². The van der Waals surface area contributed by atoms with Gasteiger partial charge in [-0.3, -0.25) is 4.68 Å². The Balaban J connectivity index is 2.19. The molecule has 0 spiro atoms. The molecule has 6 nitrogen and oxygen atoms in total. The molecule has 114 valence electrons. The average molecular weight is 300 g/mol. The second kappa shape index (κ2) is 6.24. The fourth-order valence-electron chi connectivity index (χ4n) is 2.57. The van der Waals surface area contributed by atoms with Gasteiger partial charge in [-0.05, 0) is 45.7 Å². The summed E-state index contributed by atoms with van der Waals surface area (Å²) in [5, 5.41) is 7.28. The number of sulfonamides is 1. The molecule has 2 rings (SSSR count). The third-order valence-corrected chi connectivity index (χ3v) is 5.76. The summed E-state index contributed by atoms with van der Waals surface area (Å²) >= 11 is 0. The largest absolute Gasteiger partial charge is 0.317 e. The highest BCUT2D eigenvalue weighted by Gasteiger charge is 2.30. The van der Waals surface area contributed by atoms with E-state index in [2.05, 4.69) is 10.4 Å². The number of hydrogen-bond donors (Lipinski definition) is 1. The van der Waals surface area contributed by atoms with Crippen LogP contribution in [0.4, 0.5) is 0 Å². The van der Waals surface area contributed by atoms with Gasteiger partial charge in [0.25, 0.3) is 0 Å². The molecule has 1 saturated heterocycles. The van der Waals surface area contributed by atoms with E-state index in [4.69, 9.17) is 0 Å². The minimum Gasteiger partial charge on any atom is -0.317 e. The zero-order valence-electron chi connectivity index (χ0n) is 12.4. The number of rotatable bonds is 5. The maximum absolute atomic E-state index is 12.7. The molecule has 0 unspecified atom stereocenters. The molecule has 1 aromatic heterocycles. The molecule has 7 heteroatoms. The van der Waals surface area contributed by atoms with Gasteiger partial charge in [0.15, 0.2) is 0 Å². The molecule has 0 aromatic carbocycles. The van der Waals surface area contributed by atoms with Gasteiger partial charge in [0.2, 0.25) is 10.0 Å². The second-order valence-electron chi connectivity index (χ2n) is 5.71. The highest BCUT2D eigenvalue weighted by atomic mass is 32.2. The van der Waals surface area contributed by atoms with E-state index < -0.39 is 10.0 Å². The van der Waals surface area contributed by atoms with E-state index in [9.17, 15) is 8.42 Å². The van der Waals surface area contributed by atoms with Crippen LogP contribution in [0.5, 0.6) is 0 Å². The Hall–Kier alpha value is -0.920.